The molecule has 0 fully saturated rings. The van der Waals surface area contributed by atoms with Gasteiger partial charge in [0.15, 0.2) is 5.69 Å². The number of nitrogens with zero attached hydrogens (tertiary/aromatic N) is 2. The largest absolute Gasteiger partial charge is 0.496 e. The van der Waals surface area contributed by atoms with Crippen LogP contribution in [0.25, 0.3) is 16.9 Å². The molecule has 0 atom stereocenters. The van der Waals surface area contributed by atoms with Crippen molar-refractivity contribution in [1.82, 2.24) is 9.78 Å². The molecule has 0 saturated carbocycles. The highest BCUT2D eigenvalue weighted by atomic mass is 35.5. The zero-order chi connectivity index (χ0) is 25.7. The fourth-order valence-corrected chi connectivity index (χ4v) is 3.81. The summed E-state index contributed by atoms with van der Waals surface area (Å²) in [6, 6.07) is 21.2. The summed E-state index contributed by atoms with van der Waals surface area (Å²) in [4.78, 5) is 25.7. The predicted octanol–water partition coefficient (Wildman–Crippen LogP) is 5.35. The van der Waals surface area contributed by atoms with Gasteiger partial charge in [0.1, 0.15) is 29.4 Å². The Bertz CT molecular complexity index is 1380. The van der Waals surface area contributed by atoms with E-state index in [0.29, 0.717) is 33.3 Å². The number of methoxy groups -OCH3 is 3. The van der Waals surface area contributed by atoms with Gasteiger partial charge < -0.3 is 18.9 Å². The molecule has 0 unspecified atom stereocenters. The summed E-state index contributed by atoms with van der Waals surface area (Å²) >= 11 is 5.95. The first-order valence-corrected chi connectivity index (χ1v) is 11.2. The zero-order valence-corrected chi connectivity index (χ0v) is 20.6. The minimum absolute atomic E-state index is 0.0112. The van der Waals surface area contributed by atoms with Gasteiger partial charge in [-0.3, -0.25) is 0 Å². The van der Waals surface area contributed by atoms with E-state index in [1.165, 1.54) is 18.9 Å². The second kappa shape index (κ2) is 11.0. The van der Waals surface area contributed by atoms with Crippen LogP contribution < -0.4 is 9.47 Å². The number of carbonyl (C=O) groups excluding carboxylic acids is 2. The van der Waals surface area contributed by atoms with Crippen LogP contribution in [0.2, 0.25) is 5.02 Å². The molecule has 0 saturated heterocycles. The Labute approximate surface area is 212 Å². The van der Waals surface area contributed by atoms with Crippen LogP contribution >= 0.6 is 11.6 Å². The quantitative estimate of drug-likeness (QED) is 0.297. The molecule has 1 heterocycles. The topological polar surface area (TPSA) is 88.9 Å². The molecule has 0 spiro atoms. The summed E-state index contributed by atoms with van der Waals surface area (Å²) in [5.41, 5.74) is 2.04. The summed E-state index contributed by atoms with van der Waals surface area (Å²) in [7, 11) is 4.04. The van der Waals surface area contributed by atoms with Crippen molar-refractivity contribution in [2.24, 2.45) is 0 Å². The minimum Gasteiger partial charge on any atom is -0.496 e. The van der Waals surface area contributed by atoms with Crippen LogP contribution in [0.15, 0.2) is 72.8 Å². The first-order chi connectivity index (χ1) is 17.5. The van der Waals surface area contributed by atoms with Crippen molar-refractivity contribution in [3.63, 3.8) is 0 Å². The number of rotatable bonds is 8. The second-order valence-electron chi connectivity index (χ2n) is 7.57. The number of carbonyl (C=O) groups is 2. The number of aromatic nitrogens is 2. The Morgan fingerprint density at radius 2 is 1.58 bits per heavy atom. The number of esters is 2. The van der Waals surface area contributed by atoms with Crippen molar-refractivity contribution >= 4 is 23.5 Å². The Morgan fingerprint density at radius 3 is 2.22 bits per heavy atom. The number of ether oxygens (including phenoxy) is 4. The molecule has 36 heavy (non-hydrogen) atoms. The molecule has 3 aromatic carbocycles. The van der Waals surface area contributed by atoms with Crippen LogP contribution in [0.1, 0.15) is 26.4 Å². The van der Waals surface area contributed by atoms with Gasteiger partial charge >= 0.3 is 11.9 Å². The SMILES string of the molecule is COC(=O)c1c(-c2ccc(OC)c(COc3ccc(Cl)cc3)c2)nn(-c2ccccc2)c1C(=O)OC. The van der Waals surface area contributed by atoms with Gasteiger partial charge in [-0.2, -0.15) is 5.10 Å². The van der Waals surface area contributed by atoms with E-state index in [4.69, 9.17) is 30.5 Å². The lowest BCUT2D eigenvalue weighted by atomic mass is 10.0. The van der Waals surface area contributed by atoms with Gasteiger partial charge in [-0.15, -0.1) is 0 Å². The highest BCUT2D eigenvalue weighted by molar-refractivity contribution is 6.30. The van der Waals surface area contributed by atoms with Crippen LogP contribution in [-0.2, 0) is 16.1 Å². The number of benzene rings is 3. The normalized spacial score (nSPS) is 10.6. The van der Waals surface area contributed by atoms with Crippen molar-refractivity contribution in [2.75, 3.05) is 21.3 Å². The molecule has 0 aliphatic rings. The molecule has 4 rings (SSSR count). The van der Waals surface area contributed by atoms with E-state index >= 15 is 0 Å². The molecule has 1 aromatic heterocycles. The summed E-state index contributed by atoms with van der Waals surface area (Å²) in [6.45, 7) is 0.176. The van der Waals surface area contributed by atoms with Crippen molar-refractivity contribution in [3.8, 4) is 28.4 Å². The third kappa shape index (κ3) is 5.04. The molecule has 0 radical (unpaired) electrons. The van der Waals surface area contributed by atoms with E-state index < -0.39 is 11.9 Å². The molecule has 0 N–H and O–H groups in total. The van der Waals surface area contributed by atoms with Gasteiger partial charge in [-0.1, -0.05) is 29.8 Å². The lowest BCUT2D eigenvalue weighted by Gasteiger charge is -2.12. The van der Waals surface area contributed by atoms with E-state index in [9.17, 15) is 9.59 Å². The molecule has 8 nitrogen and oxygen atoms in total. The molecule has 9 heteroatoms. The number of hydrogen-bond acceptors (Lipinski definition) is 7. The third-order valence-electron chi connectivity index (χ3n) is 5.42. The standard InChI is InChI=1S/C27H23ClN2O6/c1-33-22-14-9-17(15-18(22)16-36-21-12-10-19(28)11-13-21)24-23(26(31)34-2)25(27(32)35-3)30(29-24)20-7-5-4-6-8-20/h4-15H,16H2,1-3H3. The first-order valence-electron chi connectivity index (χ1n) is 10.9. The third-order valence-corrected chi connectivity index (χ3v) is 5.67. The summed E-state index contributed by atoms with van der Waals surface area (Å²) in [6.07, 6.45) is 0. The second-order valence-corrected chi connectivity index (χ2v) is 8.01. The molecular weight excluding hydrogens is 484 g/mol. The average Bonchev–Trinajstić information content (AvgIpc) is 3.33. The van der Waals surface area contributed by atoms with Gasteiger partial charge in [0.05, 0.1) is 27.0 Å². The summed E-state index contributed by atoms with van der Waals surface area (Å²) in [5, 5.41) is 5.24. The lowest BCUT2D eigenvalue weighted by molar-refractivity contribution is 0.0549. The molecule has 4 aromatic rings. The van der Waals surface area contributed by atoms with Gasteiger partial charge in [0.2, 0.25) is 0 Å². The van der Waals surface area contributed by atoms with Gasteiger partial charge in [-0.05, 0) is 54.6 Å². The maximum Gasteiger partial charge on any atom is 0.357 e. The highest BCUT2D eigenvalue weighted by Gasteiger charge is 2.31. The van der Waals surface area contributed by atoms with Crippen LogP contribution in [0.5, 0.6) is 11.5 Å². The fourth-order valence-electron chi connectivity index (χ4n) is 3.69. The van der Waals surface area contributed by atoms with Crippen molar-refractivity contribution in [2.45, 2.75) is 6.61 Å². The lowest BCUT2D eigenvalue weighted by Crippen LogP contribution is -2.15. The number of para-hydroxylation sites is 1. The summed E-state index contributed by atoms with van der Waals surface area (Å²) in [5.74, 6) is -0.230. The maximum absolute atomic E-state index is 12.9. The average molecular weight is 507 g/mol. The first kappa shape index (κ1) is 24.8. The maximum atomic E-state index is 12.9. The van der Waals surface area contributed by atoms with Gasteiger partial charge in [-0.25, -0.2) is 14.3 Å². The van der Waals surface area contributed by atoms with Crippen LogP contribution in [0.3, 0.4) is 0 Å². The van der Waals surface area contributed by atoms with Crippen molar-refractivity contribution < 1.29 is 28.5 Å². The Balaban J connectivity index is 1.84. The molecule has 184 valence electrons. The molecule has 0 bridgehead atoms. The van der Waals surface area contributed by atoms with E-state index in [1.54, 1.807) is 73.8 Å². The van der Waals surface area contributed by atoms with Crippen LogP contribution in [0.4, 0.5) is 0 Å². The Morgan fingerprint density at radius 1 is 0.889 bits per heavy atom. The Hall–Kier alpha value is -4.30. The molecule has 0 amide bonds. The fraction of sp³-hybridized carbons (Fsp3) is 0.148. The summed E-state index contributed by atoms with van der Waals surface area (Å²) < 4.78 is 22.8. The van der Waals surface area contributed by atoms with E-state index in [0.717, 1.165) is 0 Å². The molecular formula is C27H23ClN2O6. The van der Waals surface area contributed by atoms with E-state index in [-0.39, 0.29) is 23.6 Å². The molecule has 0 aliphatic heterocycles. The van der Waals surface area contributed by atoms with Crippen LogP contribution in [0, 0.1) is 0 Å². The predicted molar refractivity (Wildman–Crippen MR) is 134 cm³/mol. The van der Waals surface area contributed by atoms with E-state index in [2.05, 4.69) is 5.10 Å². The number of hydrogen-bond donors (Lipinski definition) is 0. The minimum atomic E-state index is -0.724. The van der Waals surface area contributed by atoms with Crippen molar-refractivity contribution in [3.05, 3.63) is 94.6 Å². The monoisotopic (exact) mass is 506 g/mol. The van der Waals surface area contributed by atoms with Gasteiger partial charge in [0, 0.05) is 16.1 Å². The highest BCUT2D eigenvalue weighted by Crippen LogP contribution is 2.32. The number of halogens is 1. The van der Waals surface area contributed by atoms with Gasteiger partial charge in [0.25, 0.3) is 0 Å². The zero-order valence-electron chi connectivity index (χ0n) is 19.9. The van der Waals surface area contributed by atoms with Crippen molar-refractivity contribution in [1.29, 1.82) is 0 Å². The van der Waals surface area contributed by atoms with Crippen LogP contribution in [-0.4, -0.2) is 43.0 Å². The Kier molecular flexibility index (Phi) is 7.56. The smallest absolute Gasteiger partial charge is 0.357 e. The molecule has 0 aliphatic carbocycles. The van der Waals surface area contributed by atoms with E-state index in [1.807, 2.05) is 6.07 Å².